The Bertz CT molecular complexity index is 428. The van der Waals surface area contributed by atoms with Crippen molar-refractivity contribution in [2.24, 2.45) is 10.9 Å². The summed E-state index contributed by atoms with van der Waals surface area (Å²) in [5.74, 6) is 1.03. The van der Waals surface area contributed by atoms with Crippen LogP contribution in [0.25, 0.3) is 0 Å². The number of ether oxygens (including phenoxy) is 1. The van der Waals surface area contributed by atoms with Crippen molar-refractivity contribution >= 4 is 11.6 Å². The first-order valence-corrected chi connectivity index (χ1v) is 5.86. The molecule has 0 aromatic heterocycles. The standard InChI is InChI=1S/C12H18N4O2/c1-18-11-4-2-3-10(9-11)15-5-7-16(8-6-15)12(13)14-17/h2-4,9,17H,5-8H2,1H3,(H2,13,14). The average molecular weight is 250 g/mol. The second-order valence-corrected chi connectivity index (χ2v) is 4.13. The van der Waals surface area contributed by atoms with Crippen LogP contribution in [0.2, 0.25) is 0 Å². The molecular formula is C12H18N4O2. The number of guanidine groups is 1. The Labute approximate surface area is 106 Å². The zero-order valence-electron chi connectivity index (χ0n) is 10.4. The molecule has 6 nitrogen and oxygen atoms in total. The predicted octanol–water partition coefficient (Wildman–Crippen LogP) is 0.521. The molecule has 6 heteroatoms. The average Bonchev–Trinajstić information content (AvgIpc) is 2.46. The van der Waals surface area contributed by atoms with Crippen LogP contribution < -0.4 is 15.4 Å². The monoisotopic (exact) mass is 250 g/mol. The molecular weight excluding hydrogens is 232 g/mol. The number of benzene rings is 1. The zero-order valence-corrected chi connectivity index (χ0v) is 10.4. The van der Waals surface area contributed by atoms with Gasteiger partial charge in [0.05, 0.1) is 7.11 Å². The fraction of sp³-hybridized carbons (Fsp3) is 0.417. The van der Waals surface area contributed by atoms with Crippen LogP contribution in [-0.2, 0) is 0 Å². The largest absolute Gasteiger partial charge is 0.497 e. The van der Waals surface area contributed by atoms with Gasteiger partial charge < -0.3 is 25.5 Å². The summed E-state index contributed by atoms with van der Waals surface area (Å²) in [6.45, 7) is 3.16. The van der Waals surface area contributed by atoms with E-state index in [0.717, 1.165) is 37.6 Å². The van der Waals surface area contributed by atoms with E-state index in [4.69, 9.17) is 15.7 Å². The van der Waals surface area contributed by atoms with Crippen molar-refractivity contribution in [1.82, 2.24) is 4.90 Å². The van der Waals surface area contributed by atoms with Crippen LogP contribution in [0.4, 0.5) is 5.69 Å². The molecule has 0 spiro atoms. The molecule has 0 bridgehead atoms. The van der Waals surface area contributed by atoms with Gasteiger partial charge in [-0.25, -0.2) is 0 Å². The van der Waals surface area contributed by atoms with Gasteiger partial charge in [-0.2, -0.15) is 0 Å². The molecule has 1 saturated heterocycles. The van der Waals surface area contributed by atoms with Crippen molar-refractivity contribution in [3.05, 3.63) is 24.3 Å². The highest BCUT2D eigenvalue weighted by molar-refractivity contribution is 5.77. The second-order valence-electron chi connectivity index (χ2n) is 4.13. The minimum Gasteiger partial charge on any atom is -0.497 e. The molecule has 2 rings (SSSR count). The number of oxime groups is 1. The summed E-state index contributed by atoms with van der Waals surface area (Å²) < 4.78 is 5.21. The van der Waals surface area contributed by atoms with Crippen molar-refractivity contribution in [2.45, 2.75) is 0 Å². The van der Waals surface area contributed by atoms with Crippen LogP contribution in [0, 0.1) is 0 Å². The lowest BCUT2D eigenvalue weighted by molar-refractivity contribution is 0.293. The Hall–Kier alpha value is -2.11. The van der Waals surface area contributed by atoms with Gasteiger partial charge in [0.15, 0.2) is 0 Å². The summed E-state index contributed by atoms with van der Waals surface area (Å²) in [5.41, 5.74) is 6.70. The molecule has 1 aromatic rings. The maximum absolute atomic E-state index is 8.63. The van der Waals surface area contributed by atoms with Gasteiger partial charge in [0, 0.05) is 37.9 Å². The van der Waals surface area contributed by atoms with E-state index in [-0.39, 0.29) is 5.96 Å². The Balaban J connectivity index is 2.00. The molecule has 1 aliphatic rings. The molecule has 0 unspecified atom stereocenters. The van der Waals surface area contributed by atoms with Gasteiger partial charge in [0.25, 0.3) is 0 Å². The number of hydrogen-bond acceptors (Lipinski definition) is 4. The van der Waals surface area contributed by atoms with E-state index in [0.29, 0.717) is 0 Å². The van der Waals surface area contributed by atoms with Crippen molar-refractivity contribution < 1.29 is 9.94 Å². The fourth-order valence-electron chi connectivity index (χ4n) is 2.06. The molecule has 0 radical (unpaired) electrons. The topological polar surface area (TPSA) is 74.3 Å². The fourth-order valence-corrected chi connectivity index (χ4v) is 2.06. The van der Waals surface area contributed by atoms with E-state index in [9.17, 15) is 0 Å². The van der Waals surface area contributed by atoms with Gasteiger partial charge in [-0.3, -0.25) is 0 Å². The van der Waals surface area contributed by atoms with Crippen LogP contribution in [0.5, 0.6) is 5.75 Å². The molecule has 0 aliphatic carbocycles. The number of rotatable bonds is 2. The normalized spacial score (nSPS) is 16.8. The molecule has 0 amide bonds. The molecule has 1 aliphatic heterocycles. The summed E-state index contributed by atoms with van der Waals surface area (Å²) in [5, 5.41) is 11.6. The zero-order chi connectivity index (χ0) is 13.0. The van der Waals surface area contributed by atoms with Gasteiger partial charge >= 0.3 is 0 Å². The Morgan fingerprint density at radius 1 is 1.33 bits per heavy atom. The summed E-state index contributed by atoms with van der Waals surface area (Å²) >= 11 is 0. The molecule has 0 atom stereocenters. The number of hydrogen-bond donors (Lipinski definition) is 2. The number of nitrogens with zero attached hydrogens (tertiary/aromatic N) is 3. The molecule has 98 valence electrons. The maximum atomic E-state index is 8.63. The first-order valence-electron chi connectivity index (χ1n) is 5.86. The van der Waals surface area contributed by atoms with Crippen molar-refractivity contribution in [1.29, 1.82) is 0 Å². The van der Waals surface area contributed by atoms with E-state index in [1.54, 1.807) is 7.11 Å². The third-order valence-corrected chi connectivity index (χ3v) is 3.12. The van der Waals surface area contributed by atoms with Gasteiger partial charge in [-0.1, -0.05) is 11.2 Å². The van der Waals surface area contributed by atoms with Crippen LogP contribution >= 0.6 is 0 Å². The van der Waals surface area contributed by atoms with E-state index >= 15 is 0 Å². The van der Waals surface area contributed by atoms with Crippen molar-refractivity contribution in [3.63, 3.8) is 0 Å². The molecule has 1 aromatic carbocycles. The highest BCUT2D eigenvalue weighted by Gasteiger charge is 2.18. The SMILES string of the molecule is COc1cccc(N2CCN(C(N)=NO)CC2)c1. The van der Waals surface area contributed by atoms with E-state index in [1.165, 1.54) is 0 Å². The summed E-state index contributed by atoms with van der Waals surface area (Å²) in [7, 11) is 1.66. The lowest BCUT2D eigenvalue weighted by Gasteiger charge is -2.36. The van der Waals surface area contributed by atoms with Crippen LogP contribution in [0.3, 0.4) is 0 Å². The minimum atomic E-state index is 0.181. The molecule has 0 saturated carbocycles. The smallest absolute Gasteiger partial charge is 0.233 e. The van der Waals surface area contributed by atoms with Crippen LogP contribution in [-0.4, -0.2) is 49.4 Å². The highest BCUT2D eigenvalue weighted by atomic mass is 16.5. The predicted molar refractivity (Wildman–Crippen MR) is 70.2 cm³/mol. The minimum absolute atomic E-state index is 0.181. The van der Waals surface area contributed by atoms with Crippen molar-refractivity contribution in [2.75, 3.05) is 38.2 Å². The summed E-state index contributed by atoms with van der Waals surface area (Å²) in [4.78, 5) is 4.11. The number of methoxy groups -OCH3 is 1. The Kier molecular flexibility index (Phi) is 3.76. The summed E-state index contributed by atoms with van der Waals surface area (Å²) in [6.07, 6.45) is 0. The van der Waals surface area contributed by atoms with E-state index in [1.807, 2.05) is 23.1 Å². The second kappa shape index (κ2) is 5.48. The van der Waals surface area contributed by atoms with Gasteiger partial charge in [0.2, 0.25) is 5.96 Å². The molecule has 1 fully saturated rings. The van der Waals surface area contributed by atoms with Gasteiger partial charge in [-0.15, -0.1) is 0 Å². The summed E-state index contributed by atoms with van der Waals surface area (Å²) in [6, 6.07) is 7.97. The Morgan fingerprint density at radius 2 is 2.06 bits per heavy atom. The van der Waals surface area contributed by atoms with Crippen LogP contribution in [0.1, 0.15) is 0 Å². The van der Waals surface area contributed by atoms with Gasteiger partial charge in [-0.05, 0) is 12.1 Å². The molecule has 18 heavy (non-hydrogen) atoms. The quantitative estimate of drug-likeness (QED) is 0.346. The number of piperazine rings is 1. The molecule has 1 heterocycles. The van der Waals surface area contributed by atoms with E-state index in [2.05, 4.69) is 16.1 Å². The maximum Gasteiger partial charge on any atom is 0.233 e. The molecule has 3 N–H and O–H groups in total. The third-order valence-electron chi connectivity index (χ3n) is 3.12. The van der Waals surface area contributed by atoms with E-state index < -0.39 is 0 Å². The number of nitrogens with two attached hydrogens (primary N) is 1. The first-order chi connectivity index (χ1) is 8.74. The van der Waals surface area contributed by atoms with Gasteiger partial charge in [0.1, 0.15) is 5.75 Å². The first kappa shape index (κ1) is 12.3. The lowest BCUT2D eigenvalue weighted by Crippen LogP contribution is -2.51. The van der Waals surface area contributed by atoms with Crippen LogP contribution in [0.15, 0.2) is 29.4 Å². The lowest BCUT2D eigenvalue weighted by atomic mass is 10.2. The Morgan fingerprint density at radius 3 is 2.67 bits per heavy atom. The van der Waals surface area contributed by atoms with Crippen molar-refractivity contribution in [3.8, 4) is 5.75 Å². The third kappa shape index (κ3) is 2.58. The highest BCUT2D eigenvalue weighted by Crippen LogP contribution is 2.21. The number of anilines is 1.